The van der Waals surface area contributed by atoms with Gasteiger partial charge in [0.15, 0.2) is 11.5 Å². The minimum Gasteiger partial charge on any atom is -0.496 e. The van der Waals surface area contributed by atoms with Crippen molar-refractivity contribution in [2.24, 2.45) is 0 Å². The van der Waals surface area contributed by atoms with E-state index in [1.54, 1.807) is 13.2 Å². The average molecular weight is 364 g/mol. The van der Waals surface area contributed by atoms with E-state index in [-0.39, 0.29) is 12.4 Å². The number of para-hydroxylation sites is 1. The molecule has 0 aliphatic carbocycles. The molecule has 5 heteroatoms. The van der Waals surface area contributed by atoms with Crippen molar-refractivity contribution in [2.75, 3.05) is 20.3 Å². The minimum atomic E-state index is 0. The SMILES string of the molecule is C=CCOc1ccc(CNCc2ccccc2OC)cc1OCC.Cl. The molecule has 0 amide bonds. The Bertz CT molecular complexity index is 661. The van der Waals surface area contributed by atoms with Gasteiger partial charge in [-0.05, 0) is 30.7 Å². The second-order valence-corrected chi connectivity index (χ2v) is 5.23. The minimum absolute atomic E-state index is 0. The van der Waals surface area contributed by atoms with E-state index < -0.39 is 0 Å². The number of nitrogens with one attached hydrogen (secondary N) is 1. The average Bonchev–Trinajstić information content (AvgIpc) is 2.62. The number of ether oxygens (including phenoxy) is 3. The van der Waals surface area contributed by atoms with Crippen molar-refractivity contribution in [3.8, 4) is 17.2 Å². The molecule has 0 saturated heterocycles. The van der Waals surface area contributed by atoms with E-state index in [1.807, 2.05) is 43.3 Å². The van der Waals surface area contributed by atoms with E-state index in [4.69, 9.17) is 14.2 Å². The van der Waals surface area contributed by atoms with Crippen LogP contribution in [0.5, 0.6) is 17.2 Å². The summed E-state index contributed by atoms with van der Waals surface area (Å²) in [6.07, 6.45) is 1.72. The third-order valence-corrected chi connectivity index (χ3v) is 3.50. The van der Waals surface area contributed by atoms with E-state index >= 15 is 0 Å². The van der Waals surface area contributed by atoms with Crippen LogP contribution in [-0.4, -0.2) is 20.3 Å². The summed E-state index contributed by atoms with van der Waals surface area (Å²) in [5.74, 6) is 2.40. The normalized spacial score (nSPS) is 9.84. The first kappa shape index (κ1) is 20.9. The molecule has 0 bridgehead atoms. The largest absolute Gasteiger partial charge is 0.496 e. The quantitative estimate of drug-likeness (QED) is 0.636. The third kappa shape index (κ3) is 6.33. The Kier molecular flexibility index (Phi) is 9.51. The zero-order valence-corrected chi connectivity index (χ0v) is 15.6. The molecule has 0 unspecified atom stereocenters. The molecule has 0 heterocycles. The van der Waals surface area contributed by atoms with Gasteiger partial charge in [0.25, 0.3) is 0 Å². The molecule has 0 spiro atoms. The van der Waals surface area contributed by atoms with Crippen LogP contribution in [0.15, 0.2) is 55.1 Å². The first-order valence-corrected chi connectivity index (χ1v) is 8.10. The lowest BCUT2D eigenvalue weighted by atomic mass is 10.1. The number of benzene rings is 2. The lowest BCUT2D eigenvalue weighted by Crippen LogP contribution is -2.13. The van der Waals surface area contributed by atoms with Gasteiger partial charge in [0, 0.05) is 18.7 Å². The smallest absolute Gasteiger partial charge is 0.161 e. The molecule has 0 aliphatic heterocycles. The number of methoxy groups -OCH3 is 1. The van der Waals surface area contributed by atoms with E-state index in [9.17, 15) is 0 Å². The van der Waals surface area contributed by atoms with Gasteiger partial charge in [0.2, 0.25) is 0 Å². The molecule has 2 rings (SSSR count). The van der Waals surface area contributed by atoms with Crippen molar-refractivity contribution in [3.63, 3.8) is 0 Å². The molecule has 0 saturated carbocycles. The van der Waals surface area contributed by atoms with Crippen molar-refractivity contribution >= 4 is 12.4 Å². The van der Waals surface area contributed by atoms with E-state index in [0.717, 1.165) is 41.5 Å². The first-order chi connectivity index (χ1) is 11.8. The van der Waals surface area contributed by atoms with Crippen molar-refractivity contribution in [3.05, 3.63) is 66.2 Å². The lowest BCUT2D eigenvalue weighted by molar-refractivity contribution is 0.296. The second kappa shape index (κ2) is 11.4. The highest BCUT2D eigenvalue weighted by Gasteiger charge is 2.07. The van der Waals surface area contributed by atoms with Gasteiger partial charge in [0.1, 0.15) is 12.4 Å². The molecule has 2 aromatic carbocycles. The van der Waals surface area contributed by atoms with Crippen LogP contribution in [0.2, 0.25) is 0 Å². The highest BCUT2D eigenvalue weighted by atomic mass is 35.5. The molecule has 1 N–H and O–H groups in total. The summed E-state index contributed by atoms with van der Waals surface area (Å²) in [7, 11) is 1.69. The maximum atomic E-state index is 5.67. The zero-order valence-electron chi connectivity index (χ0n) is 14.8. The van der Waals surface area contributed by atoms with Crippen LogP contribution in [0.1, 0.15) is 18.1 Å². The Morgan fingerprint density at radius 3 is 2.52 bits per heavy atom. The molecule has 0 fully saturated rings. The highest BCUT2D eigenvalue weighted by molar-refractivity contribution is 5.85. The Morgan fingerprint density at radius 2 is 1.80 bits per heavy atom. The van der Waals surface area contributed by atoms with Crippen LogP contribution in [0.3, 0.4) is 0 Å². The van der Waals surface area contributed by atoms with E-state index in [2.05, 4.69) is 18.0 Å². The predicted molar refractivity (Wildman–Crippen MR) is 104 cm³/mol. The van der Waals surface area contributed by atoms with Gasteiger partial charge in [-0.2, -0.15) is 0 Å². The molecule has 2 aromatic rings. The summed E-state index contributed by atoms with van der Waals surface area (Å²) in [5, 5.41) is 3.43. The molecule has 0 aliphatic rings. The van der Waals surface area contributed by atoms with Gasteiger partial charge < -0.3 is 19.5 Å². The van der Waals surface area contributed by atoms with Crippen LogP contribution in [-0.2, 0) is 13.1 Å². The molecule has 0 aromatic heterocycles. The van der Waals surface area contributed by atoms with Crippen molar-refractivity contribution < 1.29 is 14.2 Å². The van der Waals surface area contributed by atoms with Crippen molar-refractivity contribution in [2.45, 2.75) is 20.0 Å². The van der Waals surface area contributed by atoms with Crippen LogP contribution >= 0.6 is 12.4 Å². The number of hydrogen-bond donors (Lipinski definition) is 1. The van der Waals surface area contributed by atoms with Crippen molar-refractivity contribution in [1.29, 1.82) is 0 Å². The fraction of sp³-hybridized carbons (Fsp3) is 0.300. The molecule has 25 heavy (non-hydrogen) atoms. The maximum Gasteiger partial charge on any atom is 0.161 e. The van der Waals surface area contributed by atoms with Gasteiger partial charge >= 0.3 is 0 Å². The van der Waals surface area contributed by atoms with Gasteiger partial charge in [-0.25, -0.2) is 0 Å². The van der Waals surface area contributed by atoms with Crippen LogP contribution < -0.4 is 19.5 Å². The standard InChI is InChI=1S/C20H25NO3.ClH/c1-4-12-24-19-11-10-16(13-20(19)23-5-2)14-21-15-17-8-6-7-9-18(17)22-3;/h4,6-11,13,21H,1,5,12,14-15H2,2-3H3;1H. The molecule has 136 valence electrons. The Balaban J connectivity index is 0.00000312. The Morgan fingerprint density at radius 1 is 1.00 bits per heavy atom. The summed E-state index contributed by atoms with van der Waals surface area (Å²) in [6, 6.07) is 14.0. The van der Waals surface area contributed by atoms with E-state index in [0.29, 0.717) is 13.2 Å². The number of hydrogen-bond acceptors (Lipinski definition) is 4. The van der Waals surface area contributed by atoms with Crippen LogP contribution in [0, 0.1) is 0 Å². The van der Waals surface area contributed by atoms with Gasteiger partial charge in [-0.15, -0.1) is 12.4 Å². The molecular formula is C20H26ClNO3. The fourth-order valence-corrected chi connectivity index (χ4v) is 2.39. The molecular weight excluding hydrogens is 338 g/mol. The van der Waals surface area contributed by atoms with Crippen LogP contribution in [0.25, 0.3) is 0 Å². The second-order valence-electron chi connectivity index (χ2n) is 5.23. The van der Waals surface area contributed by atoms with Crippen LogP contribution in [0.4, 0.5) is 0 Å². The lowest BCUT2D eigenvalue weighted by Gasteiger charge is -2.13. The number of halogens is 1. The zero-order chi connectivity index (χ0) is 17.2. The summed E-state index contributed by atoms with van der Waals surface area (Å²) in [4.78, 5) is 0. The Hall–Kier alpha value is -2.17. The molecule has 0 atom stereocenters. The summed E-state index contributed by atoms with van der Waals surface area (Å²) in [6.45, 7) is 8.17. The summed E-state index contributed by atoms with van der Waals surface area (Å²) >= 11 is 0. The summed E-state index contributed by atoms with van der Waals surface area (Å²) in [5.41, 5.74) is 2.27. The third-order valence-electron chi connectivity index (χ3n) is 3.50. The summed E-state index contributed by atoms with van der Waals surface area (Å²) < 4.78 is 16.7. The molecule has 0 radical (unpaired) electrons. The highest BCUT2D eigenvalue weighted by Crippen LogP contribution is 2.28. The van der Waals surface area contributed by atoms with Gasteiger partial charge in [-0.3, -0.25) is 0 Å². The maximum absolute atomic E-state index is 5.67. The van der Waals surface area contributed by atoms with Gasteiger partial charge in [-0.1, -0.05) is 36.9 Å². The van der Waals surface area contributed by atoms with Crippen molar-refractivity contribution in [1.82, 2.24) is 5.32 Å². The topological polar surface area (TPSA) is 39.7 Å². The van der Waals surface area contributed by atoms with Gasteiger partial charge in [0.05, 0.1) is 13.7 Å². The monoisotopic (exact) mass is 363 g/mol. The molecule has 4 nitrogen and oxygen atoms in total. The predicted octanol–water partition coefficient (Wildman–Crippen LogP) is 4.37. The fourth-order valence-electron chi connectivity index (χ4n) is 2.39. The Labute approximate surface area is 156 Å². The first-order valence-electron chi connectivity index (χ1n) is 8.10. The van der Waals surface area contributed by atoms with E-state index in [1.165, 1.54) is 0 Å². The number of rotatable bonds is 10.